The second-order valence-electron chi connectivity index (χ2n) is 6.03. The Morgan fingerprint density at radius 2 is 1.89 bits per heavy atom. The number of rotatable bonds is 5. The summed E-state index contributed by atoms with van der Waals surface area (Å²) in [6, 6.07) is 13.4. The number of nitrogens with zero attached hydrogens (tertiary/aromatic N) is 2. The van der Waals surface area contributed by atoms with Gasteiger partial charge in [0.05, 0.1) is 8.95 Å². The van der Waals surface area contributed by atoms with Crippen LogP contribution >= 0.6 is 43.5 Å². The Hall–Kier alpha value is -2.07. The molecule has 0 saturated heterocycles. The molecule has 2 aromatic carbocycles. The maximum absolute atomic E-state index is 9.28. The molecule has 0 fully saturated rings. The van der Waals surface area contributed by atoms with Crippen LogP contribution in [0.15, 0.2) is 54.8 Å². The van der Waals surface area contributed by atoms with Crippen molar-refractivity contribution in [1.82, 2.24) is 0 Å². The lowest BCUT2D eigenvalue weighted by Gasteiger charge is -2.12. The lowest BCUT2D eigenvalue weighted by molar-refractivity contribution is 0.302. The number of hydrogen-bond acceptors (Lipinski definition) is 4. The third-order valence-electron chi connectivity index (χ3n) is 4.16. The van der Waals surface area contributed by atoms with Crippen LogP contribution in [0, 0.1) is 25.2 Å². The first kappa shape index (κ1) is 20.7. The minimum Gasteiger partial charge on any atom is -0.486 e. The maximum atomic E-state index is 9.28. The molecule has 0 atom stereocenters. The van der Waals surface area contributed by atoms with E-state index in [-0.39, 0.29) is 0 Å². The zero-order valence-electron chi connectivity index (χ0n) is 15.1. The Balaban J connectivity index is 1.81. The molecule has 0 unspecified atom stereocenters. The van der Waals surface area contributed by atoms with Crippen LogP contribution in [-0.4, -0.2) is 6.21 Å². The van der Waals surface area contributed by atoms with Gasteiger partial charge in [-0.3, -0.25) is 0 Å². The first-order valence-electron chi connectivity index (χ1n) is 8.30. The molecule has 3 aromatic rings. The lowest BCUT2D eigenvalue weighted by Crippen LogP contribution is -1.98. The summed E-state index contributed by atoms with van der Waals surface area (Å²) in [5.41, 5.74) is 2.98. The first-order chi connectivity index (χ1) is 13.4. The molecule has 28 heavy (non-hydrogen) atoms. The van der Waals surface area contributed by atoms with Crippen molar-refractivity contribution in [3.63, 3.8) is 0 Å². The van der Waals surface area contributed by atoms with E-state index < -0.39 is 0 Å². The highest BCUT2D eigenvalue weighted by atomic mass is 79.9. The van der Waals surface area contributed by atoms with E-state index >= 15 is 0 Å². The maximum Gasteiger partial charge on any atom is 0.237 e. The number of furan rings is 1. The Bertz CT molecular complexity index is 1080. The summed E-state index contributed by atoms with van der Waals surface area (Å²) in [5.74, 6) is 1.66. The quantitative estimate of drug-likeness (QED) is 0.331. The number of ether oxygens (including phenoxy) is 1. The molecular weight excluding hydrogens is 508 g/mol. The number of aliphatic imine (C=N–C) groups is 1. The third-order valence-corrected chi connectivity index (χ3v) is 5.71. The summed E-state index contributed by atoms with van der Waals surface area (Å²) in [7, 11) is 0. The van der Waals surface area contributed by atoms with Crippen molar-refractivity contribution in [3.8, 4) is 11.8 Å². The third kappa shape index (κ3) is 4.49. The van der Waals surface area contributed by atoms with Crippen LogP contribution in [0.2, 0.25) is 5.02 Å². The second-order valence-corrected chi connectivity index (χ2v) is 8.14. The van der Waals surface area contributed by atoms with Gasteiger partial charge in [-0.25, -0.2) is 4.99 Å². The van der Waals surface area contributed by atoms with Crippen molar-refractivity contribution >= 4 is 55.6 Å². The molecule has 0 amide bonds. The molecule has 1 aromatic heterocycles. The van der Waals surface area contributed by atoms with Gasteiger partial charge in [0.1, 0.15) is 29.7 Å². The van der Waals surface area contributed by atoms with Gasteiger partial charge in [0.15, 0.2) is 0 Å². The molecular formula is C21H15Br2ClN2O2. The zero-order valence-corrected chi connectivity index (χ0v) is 19.0. The Labute approximate surface area is 185 Å². The van der Waals surface area contributed by atoms with Crippen LogP contribution in [0.25, 0.3) is 0 Å². The Kier molecular flexibility index (Phi) is 6.61. The predicted molar refractivity (Wildman–Crippen MR) is 118 cm³/mol. The summed E-state index contributed by atoms with van der Waals surface area (Å²) in [6.45, 7) is 4.00. The smallest absolute Gasteiger partial charge is 0.237 e. The molecule has 0 aliphatic rings. The molecule has 0 aliphatic carbocycles. The van der Waals surface area contributed by atoms with Crippen LogP contribution in [-0.2, 0) is 6.61 Å². The number of benzene rings is 2. The van der Waals surface area contributed by atoms with E-state index in [0.717, 1.165) is 25.6 Å². The zero-order chi connectivity index (χ0) is 20.3. The molecule has 0 bridgehead atoms. The SMILES string of the molecule is Cc1oc(N=Cc2cc(Br)c(OCc3ccccc3Cl)c(Br)c2)c(C#N)c1C. The summed E-state index contributed by atoms with van der Waals surface area (Å²) < 4.78 is 13.0. The van der Waals surface area contributed by atoms with Gasteiger partial charge in [0, 0.05) is 22.4 Å². The average Bonchev–Trinajstić information content (AvgIpc) is 2.94. The molecule has 0 N–H and O–H groups in total. The fourth-order valence-electron chi connectivity index (χ4n) is 2.52. The molecule has 0 aliphatic heterocycles. The molecule has 3 rings (SSSR count). The summed E-state index contributed by atoms with van der Waals surface area (Å²) in [5, 5.41) is 9.94. The van der Waals surface area contributed by atoms with E-state index in [1.165, 1.54) is 0 Å². The van der Waals surface area contributed by atoms with Gasteiger partial charge >= 0.3 is 0 Å². The van der Waals surface area contributed by atoms with Gasteiger partial charge in [-0.1, -0.05) is 29.8 Å². The van der Waals surface area contributed by atoms with E-state index in [1.54, 1.807) is 6.21 Å². The number of aryl methyl sites for hydroxylation is 1. The minimum absolute atomic E-state index is 0.309. The first-order valence-corrected chi connectivity index (χ1v) is 10.3. The number of nitriles is 1. The van der Waals surface area contributed by atoms with Crippen molar-refractivity contribution in [2.45, 2.75) is 20.5 Å². The van der Waals surface area contributed by atoms with Crippen LogP contribution in [0.1, 0.15) is 28.0 Å². The molecule has 0 saturated carbocycles. The van der Waals surface area contributed by atoms with E-state index in [1.807, 2.05) is 50.2 Å². The van der Waals surface area contributed by atoms with Crippen LogP contribution in [0.4, 0.5) is 5.88 Å². The second kappa shape index (κ2) is 8.95. The van der Waals surface area contributed by atoms with Gasteiger partial charge in [0.2, 0.25) is 5.88 Å². The van der Waals surface area contributed by atoms with Crippen molar-refractivity contribution in [1.29, 1.82) is 5.26 Å². The monoisotopic (exact) mass is 520 g/mol. The van der Waals surface area contributed by atoms with Gasteiger partial charge in [-0.15, -0.1) is 0 Å². The van der Waals surface area contributed by atoms with Crippen molar-refractivity contribution < 1.29 is 9.15 Å². The van der Waals surface area contributed by atoms with Gasteiger partial charge < -0.3 is 9.15 Å². The Morgan fingerprint density at radius 3 is 2.54 bits per heavy atom. The van der Waals surface area contributed by atoms with Crippen molar-refractivity contribution in [3.05, 3.63) is 78.4 Å². The molecule has 4 nitrogen and oxygen atoms in total. The normalized spacial score (nSPS) is 11.0. The van der Waals surface area contributed by atoms with E-state index in [4.69, 9.17) is 20.8 Å². The summed E-state index contributed by atoms with van der Waals surface area (Å²) in [4.78, 5) is 4.33. The van der Waals surface area contributed by atoms with Crippen LogP contribution in [0.5, 0.6) is 5.75 Å². The highest BCUT2D eigenvalue weighted by Gasteiger charge is 2.14. The molecule has 142 valence electrons. The van der Waals surface area contributed by atoms with Gasteiger partial charge in [-0.05, 0) is 69.5 Å². The highest BCUT2D eigenvalue weighted by molar-refractivity contribution is 9.11. The topological polar surface area (TPSA) is 58.5 Å². The van der Waals surface area contributed by atoms with E-state index in [0.29, 0.717) is 34.6 Å². The van der Waals surface area contributed by atoms with Crippen LogP contribution < -0.4 is 4.74 Å². The molecule has 0 radical (unpaired) electrons. The largest absolute Gasteiger partial charge is 0.486 e. The predicted octanol–water partition coefficient (Wildman–Crippen LogP) is 7.28. The fraction of sp³-hybridized carbons (Fsp3) is 0.143. The van der Waals surface area contributed by atoms with E-state index in [2.05, 4.69) is 42.9 Å². The minimum atomic E-state index is 0.309. The van der Waals surface area contributed by atoms with Crippen molar-refractivity contribution in [2.75, 3.05) is 0 Å². The fourth-order valence-corrected chi connectivity index (χ4v) is 4.16. The summed E-state index contributed by atoms with van der Waals surface area (Å²) in [6.07, 6.45) is 1.64. The molecule has 1 heterocycles. The number of hydrogen-bond donors (Lipinski definition) is 0. The summed E-state index contributed by atoms with van der Waals surface area (Å²) >= 11 is 13.2. The highest BCUT2D eigenvalue weighted by Crippen LogP contribution is 2.36. The number of halogens is 3. The van der Waals surface area contributed by atoms with Gasteiger partial charge in [0.25, 0.3) is 0 Å². The molecule has 7 heteroatoms. The van der Waals surface area contributed by atoms with Crippen LogP contribution in [0.3, 0.4) is 0 Å². The standard InChI is InChI=1S/C21H15Br2ClN2O2/c1-12-13(2)28-21(16(12)9-25)26-10-14-7-17(22)20(18(23)8-14)27-11-15-5-3-4-6-19(15)24/h3-8,10H,11H2,1-2H3. The van der Waals surface area contributed by atoms with Gasteiger partial charge in [-0.2, -0.15) is 5.26 Å². The molecule has 0 spiro atoms. The van der Waals surface area contributed by atoms with Crippen molar-refractivity contribution in [2.24, 2.45) is 4.99 Å². The Morgan fingerprint density at radius 1 is 1.21 bits per heavy atom. The van der Waals surface area contributed by atoms with E-state index in [9.17, 15) is 5.26 Å². The average molecular weight is 523 g/mol. The lowest BCUT2D eigenvalue weighted by atomic mass is 10.2.